The molecule has 0 aliphatic carbocycles. The molecule has 0 aromatic carbocycles. The summed E-state index contributed by atoms with van der Waals surface area (Å²) in [4.78, 5) is 25.7. The van der Waals surface area contributed by atoms with Crippen LogP contribution in [0.15, 0.2) is 48.6 Å². The smallest absolute Gasteiger partial charge is 0.306 e. The molecular weight excluding hydrogens is 841 g/mol. The Morgan fingerprint density at radius 3 is 1.52 bits per heavy atom. The molecule has 2 aliphatic rings. The summed E-state index contributed by atoms with van der Waals surface area (Å²) >= 11 is 0. The molecule has 2 rings (SSSR count). The van der Waals surface area contributed by atoms with Crippen molar-refractivity contribution in [3.8, 4) is 0 Å². The number of hydrogen-bond donors (Lipinski definition) is 7. The van der Waals surface area contributed by atoms with Gasteiger partial charge >= 0.3 is 11.9 Å². The fourth-order valence-electron chi connectivity index (χ4n) is 7.50. The fraction of sp³-hybridized carbons (Fsp3) is 0.800. The lowest BCUT2D eigenvalue weighted by Gasteiger charge is -2.42. The summed E-state index contributed by atoms with van der Waals surface area (Å²) in [6.45, 7) is 2.43. The number of ether oxygens (including phenoxy) is 6. The standard InChI is InChI=1S/C50H86O15/c1-3-5-7-9-11-13-15-16-17-18-19-20-21-22-23-25-27-29-31-33-42(53)63-38(35-60-41(52)32-30-28-26-24-14-12-10-8-6-4-2)36-61-49-48(59)46(57)44(55)40(65-49)37-62-50-47(58)45(56)43(54)39(34-51)64-50/h5,7,11,13,16-17,19-20,38-40,43-51,54-59H,3-4,6,8-10,12,14-15,18,21-37H2,1-2H3/b7-5-,13-11-,17-16-,20-19-. The zero-order chi connectivity index (χ0) is 47.5. The molecule has 0 bridgehead atoms. The number of aliphatic hydroxyl groups excluding tert-OH is 7. The number of hydrogen-bond acceptors (Lipinski definition) is 15. The Labute approximate surface area is 388 Å². The number of allylic oxidation sites excluding steroid dienone is 8. The van der Waals surface area contributed by atoms with Crippen molar-refractivity contribution in [2.75, 3.05) is 26.4 Å². The van der Waals surface area contributed by atoms with E-state index in [9.17, 15) is 45.3 Å². The zero-order valence-electron chi connectivity index (χ0n) is 39.5. The topological polar surface area (TPSA) is 231 Å². The Bertz CT molecular complexity index is 1320. The van der Waals surface area contributed by atoms with Crippen molar-refractivity contribution in [3.63, 3.8) is 0 Å². The predicted octanol–water partition coefficient (Wildman–Crippen LogP) is 6.32. The minimum Gasteiger partial charge on any atom is -0.462 e. The van der Waals surface area contributed by atoms with Crippen LogP contribution in [0, 0.1) is 0 Å². The van der Waals surface area contributed by atoms with Crippen LogP contribution in [0.25, 0.3) is 0 Å². The van der Waals surface area contributed by atoms with Gasteiger partial charge in [-0.2, -0.15) is 0 Å². The molecule has 65 heavy (non-hydrogen) atoms. The van der Waals surface area contributed by atoms with Crippen LogP contribution in [0.5, 0.6) is 0 Å². The van der Waals surface area contributed by atoms with Gasteiger partial charge in [-0.15, -0.1) is 0 Å². The first-order valence-corrected chi connectivity index (χ1v) is 24.7. The second-order valence-corrected chi connectivity index (χ2v) is 17.3. The highest BCUT2D eigenvalue weighted by Crippen LogP contribution is 2.26. The van der Waals surface area contributed by atoms with E-state index in [0.29, 0.717) is 12.8 Å². The first kappa shape index (κ1) is 58.6. The second-order valence-electron chi connectivity index (χ2n) is 17.3. The van der Waals surface area contributed by atoms with Crippen LogP contribution in [0.1, 0.15) is 162 Å². The molecule has 7 N–H and O–H groups in total. The number of aliphatic hydroxyl groups is 7. The highest BCUT2D eigenvalue weighted by molar-refractivity contribution is 5.70. The highest BCUT2D eigenvalue weighted by Gasteiger charge is 2.47. The van der Waals surface area contributed by atoms with Crippen LogP contribution < -0.4 is 0 Å². The minimum absolute atomic E-state index is 0.149. The molecule has 2 heterocycles. The van der Waals surface area contributed by atoms with Crippen LogP contribution in [0.4, 0.5) is 0 Å². The third-order valence-electron chi connectivity index (χ3n) is 11.6. The fourth-order valence-corrected chi connectivity index (χ4v) is 7.50. The third-order valence-corrected chi connectivity index (χ3v) is 11.6. The second kappa shape index (κ2) is 37.4. The summed E-state index contributed by atoms with van der Waals surface area (Å²) in [6, 6.07) is 0. The maximum Gasteiger partial charge on any atom is 0.306 e. The third kappa shape index (κ3) is 26.0. The van der Waals surface area contributed by atoms with E-state index in [-0.39, 0.29) is 26.1 Å². The van der Waals surface area contributed by atoms with E-state index in [2.05, 4.69) is 62.5 Å². The Hall–Kier alpha value is -2.54. The van der Waals surface area contributed by atoms with Crippen molar-refractivity contribution in [1.82, 2.24) is 0 Å². The molecule has 2 aliphatic heterocycles. The molecule has 0 spiro atoms. The molecule has 0 aromatic heterocycles. The highest BCUT2D eigenvalue weighted by atomic mass is 16.7. The molecule has 0 amide bonds. The van der Waals surface area contributed by atoms with Crippen molar-refractivity contribution < 1.29 is 73.8 Å². The van der Waals surface area contributed by atoms with E-state index >= 15 is 0 Å². The van der Waals surface area contributed by atoms with E-state index in [0.717, 1.165) is 83.5 Å². The van der Waals surface area contributed by atoms with Gasteiger partial charge in [0.15, 0.2) is 18.7 Å². The average Bonchev–Trinajstić information content (AvgIpc) is 3.30. The normalized spacial score (nSPS) is 26.8. The van der Waals surface area contributed by atoms with Crippen LogP contribution in [0.3, 0.4) is 0 Å². The molecule has 2 fully saturated rings. The van der Waals surface area contributed by atoms with Crippen molar-refractivity contribution >= 4 is 11.9 Å². The van der Waals surface area contributed by atoms with Crippen molar-refractivity contribution in [3.05, 3.63) is 48.6 Å². The lowest BCUT2D eigenvalue weighted by molar-refractivity contribution is -0.332. The summed E-state index contributed by atoms with van der Waals surface area (Å²) in [5.74, 6) is -0.944. The summed E-state index contributed by atoms with van der Waals surface area (Å²) < 4.78 is 33.5. The van der Waals surface area contributed by atoms with E-state index in [1.54, 1.807) is 0 Å². The van der Waals surface area contributed by atoms with Crippen LogP contribution in [-0.2, 0) is 38.0 Å². The summed E-state index contributed by atoms with van der Waals surface area (Å²) in [6.07, 6.45) is 22.9. The Balaban J connectivity index is 1.81. The van der Waals surface area contributed by atoms with Gasteiger partial charge in [0.05, 0.1) is 19.8 Å². The Kier molecular flexibility index (Phi) is 33.7. The summed E-state index contributed by atoms with van der Waals surface area (Å²) in [7, 11) is 0. The zero-order valence-corrected chi connectivity index (χ0v) is 39.5. The Morgan fingerprint density at radius 2 is 0.969 bits per heavy atom. The molecule has 15 nitrogen and oxygen atoms in total. The van der Waals surface area contributed by atoms with Gasteiger partial charge in [-0.1, -0.05) is 146 Å². The first-order chi connectivity index (χ1) is 31.5. The van der Waals surface area contributed by atoms with Crippen LogP contribution >= 0.6 is 0 Å². The maximum absolute atomic E-state index is 13.0. The molecule has 11 unspecified atom stereocenters. The van der Waals surface area contributed by atoms with Gasteiger partial charge in [-0.25, -0.2) is 0 Å². The van der Waals surface area contributed by atoms with Crippen LogP contribution in [-0.4, -0.2) is 142 Å². The number of esters is 2. The summed E-state index contributed by atoms with van der Waals surface area (Å²) in [5, 5.41) is 72.0. The quantitative estimate of drug-likeness (QED) is 0.0205. The van der Waals surface area contributed by atoms with E-state index < -0.39 is 92.7 Å². The molecule has 11 atom stereocenters. The average molecular weight is 927 g/mol. The molecule has 376 valence electrons. The first-order valence-electron chi connectivity index (χ1n) is 24.7. The predicted molar refractivity (Wildman–Crippen MR) is 247 cm³/mol. The number of carbonyl (C=O) groups is 2. The van der Waals surface area contributed by atoms with Gasteiger partial charge in [0.2, 0.25) is 0 Å². The van der Waals surface area contributed by atoms with Crippen molar-refractivity contribution in [1.29, 1.82) is 0 Å². The van der Waals surface area contributed by atoms with Crippen molar-refractivity contribution in [2.45, 2.75) is 229 Å². The molecule has 0 aromatic rings. The van der Waals surface area contributed by atoms with Gasteiger partial charge in [0.1, 0.15) is 55.4 Å². The lowest BCUT2D eigenvalue weighted by atomic mass is 9.98. The molecule has 0 saturated carbocycles. The van der Waals surface area contributed by atoms with Gasteiger partial charge in [-0.3, -0.25) is 9.59 Å². The monoisotopic (exact) mass is 927 g/mol. The van der Waals surface area contributed by atoms with Gasteiger partial charge < -0.3 is 64.2 Å². The number of rotatable bonds is 37. The molecular formula is C50H86O15. The molecule has 2 saturated heterocycles. The van der Waals surface area contributed by atoms with E-state index in [1.807, 2.05) is 0 Å². The van der Waals surface area contributed by atoms with E-state index in [4.69, 9.17) is 28.4 Å². The SMILES string of the molecule is CC/C=C\C/C=C\C/C=C\C/C=C\CCCCCCCCC(=O)OC(COC(=O)CCCCCCCCCCCC)COC1OC(COC2OC(CO)C(O)C(O)C2O)C(O)C(O)C1O. The van der Waals surface area contributed by atoms with Gasteiger partial charge in [0.25, 0.3) is 0 Å². The minimum atomic E-state index is -1.77. The lowest BCUT2D eigenvalue weighted by Crippen LogP contribution is -2.61. The van der Waals surface area contributed by atoms with Crippen LogP contribution in [0.2, 0.25) is 0 Å². The number of unbranched alkanes of at least 4 members (excludes halogenated alkanes) is 15. The Morgan fingerprint density at radius 1 is 0.508 bits per heavy atom. The molecule has 0 radical (unpaired) electrons. The van der Waals surface area contributed by atoms with Gasteiger partial charge in [-0.05, 0) is 51.4 Å². The van der Waals surface area contributed by atoms with E-state index in [1.165, 1.54) is 38.5 Å². The van der Waals surface area contributed by atoms with Crippen molar-refractivity contribution in [2.24, 2.45) is 0 Å². The number of carbonyl (C=O) groups excluding carboxylic acids is 2. The van der Waals surface area contributed by atoms with Gasteiger partial charge in [0, 0.05) is 12.8 Å². The largest absolute Gasteiger partial charge is 0.462 e. The maximum atomic E-state index is 13.0. The molecule has 15 heteroatoms. The summed E-state index contributed by atoms with van der Waals surface area (Å²) in [5.41, 5.74) is 0.